The van der Waals surface area contributed by atoms with E-state index in [1.807, 2.05) is 0 Å². The highest BCUT2D eigenvalue weighted by Gasteiger charge is 2.27. The molecule has 0 spiro atoms. The molecule has 1 N–H and O–H groups in total. The number of likely N-dealkylation sites (tertiary alicyclic amines) is 1. The van der Waals surface area contributed by atoms with E-state index in [0.717, 1.165) is 12.1 Å². The molecule has 0 aliphatic carbocycles. The highest BCUT2D eigenvalue weighted by atomic mass is 15.2. The molecule has 0 amide bonds. The van der Waals surface area contributed by atoms with Gasteiger partial charge in [0, 0.05) is 12.1 Å². The van der Waals surface area contributed by atoms with Gasteiger partial charge in [-0.2, -0.15) is 0 Å². The Balaban J connectivity index is 2.03. The lowest BCUT2D eigenvalue weighted by atomic mass is 10.0. The maximum absolute atomic E-state index is 3.71. The molecule has 2 fully saturated rings. The monoisotopic (exact) mass is 182 g/mol. The number of nitrogens with zero attached hydrogens (tertiary/aromatic N) is 1. The summed E-state index contributed by atoms with van der Waals surface area (Å²) in [4.78, 5) is 2.58. The van der Waals surface area contributed by atoms with E-state index in [9.17, 15) is 0 Å². The lowest BCUT2D eigenvalue weighted by Crippen LogP contribution is -2.46. The predicted octanol–water partition coefficient (Wildman–Crippen LogP) is 1.61. The zero-order chi connectivity index (χ0) is 9.10. The molecule has 0 aromatic carbocycles. The van der Waals surface area contributed by atoms with Gasteiger partial charge in [0.15, 0.2) is 0 Å². The third-order valence-electron chi connectivity index (χ3n) is 3.64. The van der Waals surface area contributed by atoms with Gasteiger partial charge in [0.1, 0.15) is 0 Å². The maximum Gasteiger partial charge on any atom is 0.0246 e. The Bertz CT molecular complexity index is 156. The molecular formula is C11H22N2. The number of fused-ring (bicyclic) bond motifs is 1. The molecule has 2 saturated heterocycles. The summed E-state index contributed by atoms with van der Waals surface area (Å²) in [5.74, 6) is 0. The van der Waals surface area contributed by atoms with Crippen molar-refractivity contribution in [3.8, 4) is 0 Å². The molecule has 2 atom stereocenters. The van der Waals surface area contributed by atoms with Crippen molar-refractivity contribution in [3.63, 3.8) is 0 Å². The van der Waals surface area contributed by atoms with Crippen LogP contribution in [0.3, 0.4) is 0 Å². The summed E-state index contributed by atoms with van der Waals surface area (Å²) in [5.41, 5.74) is 0. The Morgan fingerprint density at radius 2 is 1.92 bits per heavy atom. The number of hydrogen-bond acceptors (Lipinski definition) is 2. The van der Waals surface area contributed by atoms with Crippen LogP contribution < -0.4 is 5.32 Å². The summed E-state index contributed by atoms with van der Waals surface area (Å²) in [6, 6.07) is 1.61. The van der Waals surface area contributed by atoms with E-state index in [0.29, 0.717) is 0 Å². The van der Waals surface area contributed by atoms with Crippen molar-refractivity contribution in [2.45, 2.75) is 50.6 Å². The third-order valence-corrected chi connectivity index (χ3v) is 3.64. The summed E-state index contributed by atoms with van der Waals surface area (Å²) in [7, 11) is 2.30. The quantitative estimate of drug-likeness (QED) is 0.612. The molecule has 76 valence electrons. The molecule has 2 heteroatoms. The highest BCUT2D eigenvalue weighted by molar-refractivity contribution is 4.87. The van der Waals surface area contributed by atoms with Crippen molar-refractivity contribution in [2.24, 2.45) is 0 Å². The van der Waals surface area contributed by atoms with Crippen LogP contribution in [0.15, 0.2) is 0 Å². The maximum atomic E-state index is 3.71. The standard InChI is InChI=1S/C11H22N2/c1-13-9-5-3-6-10-11(13)7-2-4-8-12-10/h10-12H,2-9H2,1H3. The van der Waals surface area contributed by atoms with E-state index in [1.165, 1.54) is 51.6 Å². The van der Waals surface area contributed by atoms with Gasteiger partial charge >= 0.3 is 0 Å². The van der Waals surface area contributed by atoms with Crippen LogP contribution in [0, 0.1) is 0 Å². The minimum Gasteiger partial charge on any atom is -0.312 e. The first-order valence-electron chi connectivity index (χ1n) is 5.81. The van der Waals surface area contributed by atoms with Crippen molar-refractivity contribution >= 4 is 0 Å². The minimum atomic E-state index is 0.787. The van der Waals surface area contributed by atoms with Crippen LogP contribution in [0.2, 0.25) is 0 Å². The molecule has 2 rings (SSSR count). The fourth-order valence-electron chi connectivity index (χ4n) is 2.82. The first-order chi connectivity index (χ1) is 6.38. The van der Waals surface area contributed by atoms with Crippen LogP contribution in [-0.4, -0.2) is 37.1 Å². The van der Waals surface area contributed by atoms with E-state index < -0.39 is 0 Å². The molecule has 0 saturated carbocycles. The van der Waals surface area contributed by atoms with E-state index >= 15 is 0 Å². The number of rotatable bonds is 0. The SMILES string of the molecule is CN1CCCCC2NCCCCC21. The Morgan fingerprint density at radius 3 is 2.85 bits per heavy atom. The van der Waals surface area contributed by atoms with Crippen LogP contribution in [0.4, 0.5) is 0 Å². The minimum absolute atomic E-state index is 0.787. The average molecular weight is 182 g/mol. The van der Waals surface area contributed by atoms with Crippen LogP contribution in [0.1, 0.15) is 38.5 Å². The number of likely N-dealkylation sites (N-methyl/N-ethyl adjacent to an activating group) is 1. The van der Waals surface area contributed by atoms with E-state index in [4.69, 9.17) is 0 Å². The summed E-state index contributed by atoms with van der Waals surface area (Å²) >= 11 is 0. The van der Waals surface area contributed by atoms with Crippen molar-refractivity contribution < 1.29 is 0 Å². The van der Waals surface area contributed by atoms with Gasteiger partial charge in [-0.3, -0.25) is 0 Å². The largest absolute Gasteiger partial charge is 0.312 e. The van der Waals surface area contributed by atoms with E-state index in [2.05, 4.69) is 17.3 Å². The number of hydrogen-bond donors (Lipinski definition) is 1. The smallest absolute Gasteiger partial charge is 0.0246 e. The van der Waals surface area contributed by atoms with Crippen LogP contribution >= 0.6 is 0 Å². The van der Waals surface area contributed by atoms with Gasteiger partial charge in [-0.05, 0) is 45.8 Å². The fourth-order valence-corrected chi connectivity index (χ4v) is 2.82. The van der Waals surface area contributed by atoms with Gasteiger partial charge < -0.3 is 10.2 Å². The first-order valence-corrected chi connectivity index (χ1v) is 5.81. The molecule has 0 bridgehead atoms. The molecule has 2 unspecified atom stereocenters. The van der Waals surface area contributed by atoms with Crippen molar-refractivity contribution in [3.05, 3.63) is 0 Å². The molecule has 13 heavy (non-hydrogen) atoms. The van der Waals surface area contributed by atoms with Crippen molar-refractivity contribution in [1.82, 2.24) is 10.2 Å². The molecule has 0 radical (unpaired) electrons. The van der Waals surface area contributed by atoms with Gasteiger partial charge in [-0.1, -0.05) is 12.8 Å². The van der Waals surface area contributed by atoms with Crippen molar-refractivity contribution in [1.29, 1.82) is 0 Å². The molecule has 2 aliphatic heterocycles. The predicted molar refractivity (Wildman–Crippen MR) is 55.9 cm³/mol. The molecule has 0 aromatic rings. The summed E-state index contributed by atoms with van der Waals surface area (Å²) in [6.45, 7) is 2.55. The second-order valence-corrected chi connectivity index (χ2v) is 4.60. The van der Waals surface area contributed by atoms with Gasteiger partial charge in [0.2, 0.25) is 0 Å². The first kappa shape index (κ1) is 9.47. The van der Waals surface area contributed by atoms with Gasteiger partial charge in [-0.15, -0.1) is 0 Å². The lowest BCUT2D eigenvalue weighted by Gasteiger charge is -2.31. The molecule has 2 nitrogen and oxygen atoms in total. The average Bonchev–Trinajstić information content (AvgIpc) is 2.43. The van der Waals surface area contributed by atoms with Crippen LogP contribution in [0.5, 0.6) is 0 Å². The highest BCUT2D eigenvalue weighted by Crippen LogP contribution is 2.22. The Labute approximate surface area is 81.7 Å². The van der Waals surface area contributed by atoms with Gasteiger partial charge in [-0.25, -0.2) is 0 Å². The van der Waals surface area contributed by atoms with Crippen LogP contribution in [0.25, 0.3) is 0 Å². The molecular weight excluding hydrogens is 160 g/mol. The Morgan fingerprint density at radius 1 is 1.08 bits per heavy atom. The van der Waals surface area contributed by atoms with Gasteiger partial charge in [0.25, 0.3) is 0 Å². The molecule has 0 aromatic heterocycles. The molecule has 2 heterocycles. The van der Waals surface area contributed by atoms with E-state index in [1.54, 1.807) is 0 Å². The van der Waals surface area contributed by atoms with E-state index in [-0.39, 0.29) is 0 Å². The summed E-state index contributed by atoms with van der Waals surface area (Å²) < 4.78 is 0. The van der Waals surface area contributed by atoms with Crippen LogP contribution in [-0.2, 0) is 0 Å². The van der Waals surface area contributed by atoms with Gasteiger partial charge in [0.05, 0.1) is 0 Å². The Hall–Kier alpha value is -0.0800. The lowest BCUT2D eigenvalue weighted by molar-refractivity contribution is 0.205. The molecule has 2 aliphatic rings. The Kier molecular flexibility index (Phi) is 3.23. The summed E-state index contributed by atoms with van der Waals surface area (Å²) in [6.07, 6.45) is 8.41. The fraction of sp³-hybridized carbons (Fsp3) is 1.00. The second-order valence-electron chi connectivity index (χ2n) is 4.60. The van der Waals surface area contributed by atoms with Crippen molar-refractivity contribution in [2.75, 3.05) is 20.1 Å². The summed E-state index contributed by atoms with van der Waals surface area (Å²) in [5, 5.41) is 3.71. The zero-order valence-electron chi connectivity index (χ0n) is 8.76. The second kappa shape index (κ2) is 4.43. The zero-order valence-corrected chi connectivity index (χ0v) is 8.76. The topological polar surface area (TPSA) is 15.3 Å². The third kappa shape index (κ3) is 2.23. The normalized spacial score (nSPS) is 37.6. The number of nitrogens with one attached hydrogen (secondary N) is 1.